The quantitative estimate of drug-likeness (QED) is 0.162. The minimum absolute atomic E-state index is 0.0866. The first kappa shape index (κ1) is 36.7. The van der Waals surface area contributed by atoms with E-state index < -0.39 is 0 Å². The number of rotatable bonds is 6. The molecular formula is C62H49N. The van der Waals surface area contributed by atoms with Gasteiger partial charge in [0.25, 0.3) is 0 Å². The minimum atomic E-state index is -0.107. The number of nitrogens with zero attached hydrogens (tertiary/aromatic N) is 1. The highest BCUT2D eigenvalue weighted by molar-refractivity contribution is 6.06. The number of hydrogen-bond donors (Lipinski definition) is 0. The van der Waals surface area contributed by atoms with Gasteiger partial charge in [-0.15, -0.1) is 0 Å². The smallest absolute Gasteiger partial charge is 0.0546 e. The summed E-state index contributed by atoms with van der Waals surface area (Å²) in [7, 11) is 0. The van der Waals surface area contributed by atoms with Crippen LogP contribution in [-0.4, -0.2) is 0 Å². The van der Waals surface area contributed by atoms with Gasteiger partial charge in [-0.05, 0) is 145 Å². The molecule has 2 bridgehead atoms. The monoisotopic (exact) mass is 807 g/mol. The molecule has 302 valence electrons. The van der Waals surface area contributed by atoms with Crippen molar-refractivity contribution in [3.05, 3.63) is 222 Å². The summed E-state index contributed by atoms with van der Waals surface area (Å²) in [5.74, 6) is 1.51. The average Bonchev–Trinajstić information content (AvgIpc) is 4.09. The Kier molecular flexibility index (Phi) is 8.02. The normalized spacial score (nSPS) is 19.5. The maximum Gasteiger partial charge on any atom is 0.0546 e. The molecule has 2 fully saturated rings. The summed E-state index contributed by atoms with van der Waals surface area (Å²) in [5, 5.41) is 2.51. The van der Waals surface area contributed by atoms with Crippen LogP contribution in [0.4, 0.5) is 17.1 Å². The van der Waals surface area contributed by atoms with Crippen LogP contribution in [0.15, 0.2) is 200 Å². The van der Waals surface area contributed by atoms with E-state index in [0.29, 0.717) is 5.92 Å². The molecule has 0 radical (unpaired) electrons. The molecule has 2 saturated carbocycles. The molecule has 9 aromatic carbocycles. The third-order valence-corrected chi connectivity index (χ3v) is 15.7. The third kappa shape index (κ3) is 5.29. The van der Waals surface area contributed by atoms with E-state index in [1.165, 1.54) is 120 Å². The van der Waals surface area contributed by atoms with Gasteiger partial charge < -0.3 is 4.90 Å². The topological polar surface area (TPSA) is 3.24 Å². The van der Waals surface area contributed by atoms with Crippen molar-refractivity contribution in [1.82, 2.24) is 0 Å². The maximum atomic E-state index is 2.60. The van der Waals surface area contributed by atoms with E-state index in [0.717, 1.165) is 11.6 Å². The summed E-state index contributed by atoms with van der Waals surface area (Å²) in [4.78, 5) is 2.55. The van der Waals surface area contributed by atoms with Crippen LogP contribution in [0.25, 0.3) is 66.4 Å². The zero-order chi connectivity index (χ0) is 41.9. The Labute approximate surface area is 371 Å². The second kappa shape index (κ2) is 13.8. The molecule has 1 nitrogen and oxygen atoms in total. The molecule has 9 aromatic rings. The van der Waals surface area contributed by atoms with Crippen molar-refractivity contribution < 1.29 is 0 Å². The van der Waals surface area contributed by atoms with E-state index in [2.05, 4.69) is 219 Å². The van der Waals surface area contributed by atoms with Crippen LogP contribution in [0.1, 0.15) is 61.8 Å². The van der Waals surface area contributed by atoms with Gasteiger partial charge in [0.2, 0.25) is 0 Å². The van der Waals surface area contributed by atoms with Crippen LogP contribution in [0.3, 0.4) is 0 Å². The van der Waals surface area contributed by atoms with Gasteiger partial charge in [0.15, 0.2) is 0 Å². The first-order chi connectivity index (χ1) is 31.0. The molecule has 0 aliphatic heterocycles. The summed E-state index contributed by atoms with van der Waals surface area (Å²) in [5.41, 5.74) is 22.5. The Bertz CT molecular complexity index is 3280. The predicted molar refractivity (Wildman–Crippen MR) is 264 cm³/mol. The molecule has 3 unspecified atom stereocenters. The molecule has 3 atom stereocenters. The molecule has 0 aromatic heterocycles. The maximum absolute atomic E-state index is 2.60. The first-order valence-corrected chi connectivity index (χ1v) is 23.0. The lowest BCUT2D eigenvalue weighted by molar-refractivity contribution is 0.327. The van der Waals surface area contributed by atoms with Crippen molar-refractivity contribution in [2.45, 2.75) is 50.4 Å². The van der Waals surface area contributed by atoms with Gasteiger partial charge in [-0.3, -0.25) is 0 Å². The Morgan fingerprint density at radius 1 is 0.444 bits per heavy atom. The van der Waals surface area contributed by atoms with Crippen LogP contribution in [0.5, 0.6) is 0 Å². The number of benzene rings is 9. The summed E-state index contributed by atoms with van der Waals surface area (Å²) < 4.78 is 0. The largest absolute Gasteiger partial charge is 0.310 e. The van der Waals surface area contributed by atoms with E-state index in [1.54, 1.807) is 5.56 Å². The zero-order valence-electron chi connectivity index (χ0n) is 36.0. The molecule has 0 saturated heterocycles. The fourth-order valence-electron chi connectivity index (χ4n) is 13.1. The van der Waals surface area contributed by atoms with Crippen molar-refractivity contribution in [2.75, 3.05) is 4.90 Å². The highest BCUT2D eigenvalue weighted by Crippen LogP contribution is 2.66. The van der Waals surface area contributed by atoms with Crippen molar-refractivity contribution in [3.8, 4) is 55.6 Å². The highest BCUT2D eigenvalue weighted by Gasteiger charge is 2.56. The van der Waals surface area contributed by atoms with Gasteiger partial charge in [-0.2, -0.15) is 0 Å². The lowest BCUT2D eigenvalue weighted by Gasteiger charge is -2.37. The van der Waals surface area contributed by atoms with Crippen LogP contribution in [0.2, 0.25) is 0 Å². The predicted octanol–water partition coefficient (Wildman–Crippen LogP) is 16.7. The Morgan fingerprint density at radius 2 is 1.06 bits per heavy atom. The van der Waals surface area contributed by atoms with Crippen molar-refractivity contribution in [2.24, 2.45) is 11.8 Å². The van der Waals surface area contributed by atoms with E-state index >= 15 is 0 Å². The van der Waals surface area contributed by atoms with Crippen molar-refractivity contribution in [3.63, 3.8) is 0 Å². The molecule has 63 heavy (non-hydrogen) atoms. The summed E-state index contributed by atoms with van der Waals surface area (Å²) in [6, 6.07) is 75.6. The standard InChI is InChI=1S/C62H49N/c1-61(2)55-25-12-10-22-51(55)54-24-14-23-53(60(54)61)49-20-9-8-18-47(49)42-28-32-45(33-29-42)63(58-36-30-41-15-6-7-19-48(41)59(58)43-16-4-3-5-17-43)46-34-35-52-50-21-11-13-26-56(50)62(57(52)38-46)39-40-27-31-44(62)37-40/h3-26,28-30,32-36,38,40,44H,27,31,37,39H2,1-2H3. The third-order valence-electron chi connectivity index (χ3n) is 15.7. The van der Waals surface area contributed by atoms with Gasteiger partial charge in [0.1, 0.15) is 0 Å². The average molecular weight is 808 g/mol. The Hall–Kier alpha value is -6.96. The van der Waals surface area contributed by atoms with Gasteiger partial charge in [0, 0.05) is 27.8 Å². The molecule has 0 amide bonds. The molecule has 1 spiro atoms. The molecule has 0 N–H and O–H groups in total. The van der Waals surface area contributed by atoms with Crippen LogP contribution < -0.4 is 4.90 Å². The van der Waals surface area contributed by atoms with Crippen molar-refractivity contribution in [1.29, 1.82) is 0 Å². The number of anilines is 3. The lowest BCUT2D eigenvalue weighted by Crippen LogP contribution is -2.32. The van der Waals surface area contributed by atoms with E-state index in [-0.39, 0.29) is 10.8 Å². The van der Waals surface area contributed by atoms with E-state index in [1.807, 2.05) is 0 Å². The van der Waals surface area contributed by atoms with Crippen LogP contribution in [-0.2, 0) is 10.8 Å². The minimum Gasteiger partial charge on any atom is -0.310 e. The molecule has 13 rings (SSSR count). The van der Waals surface area contributed by atoms with Crippen LogP contribution in [0, 0.1) is 11.8 Å². The van der Waals surface area contributed by atoms with E-state index in [9.17, 15) is 0 Å². The molecule has 4 aliphatic rings. The van der Waals surface area contributed by atoms with Gasteiger partial charge in [0.05, 0.1) is 5.69 Å². The lowest BCUT2D eigenvalue weighted by atomic mass is 9.67. The highest BCUT2D eigenvalue weighted by atomic mass is 15.1. The summed E-state index contributed by atoms with van der Waals surface area (Å²) in [6.45, 7) is 4.78. The van der Waals surface area contributed by atoms with E-state index in [4.69, 9.17) is 0 Å². The number of fused-ring (bicyclic) bond motifs is 12. The molecule has 1 heteroatoms. The van der Waals surface area contributed by atoms with Gasteiger partial charge in [-0.25, -0.2) is 0 Å². The zero-order valence-corrected chi connectivity index (χ0v) is 36.0. The first-order valence-electron chi connectivity index (χ1n) is 23.0. The van der Waals surface area contributed by atoms with Crippen molar-refractivity contribution >= 4 is 27.8 Å². The summed E-state index contributed by atoms with van der Waals surface area (Å²) >= 11 is 0. The fraction of sp³-hybridized carbons (Fsp3) is 0.161. The van der Waals surface area contributed by atoms with Crippen LogP contribution >= 0.6 is 0 Å². The summed E-state index contributed by atoms with van der Waals surface area (Å²) in [6.07, 6.45) is 5.32. The SMILES string of the molecule is CC1(C)c2ccccc2-c2cccc(-c3ccccc3-c3ccc(N(c4ccc5c(c4)C4(CC6CCC4C6)c4ccccc4-5)c4ccc5ccccc5c4-c4ccccc4)cc3)c21. The molecular weight excluding hydrogens is 759 g/mol. The second-order valence-corrected chi connectivity index (χ2v) is 19.2. The number of hydrogen-bond acceptors (Lipinski definition) is 1. The van der Waals surface area contributed by atoms with Gasteiger partial charge in [-0.1, -0.05) is 190 Å². The Balaban J connectivity index is 0.994. The molecule has 4 aliphatic carbocycles. The van der Waals surface area contributed by atoms with Gasteiger partial charge >= 0.3 is 0 Å². The Morgan fingerprint density at radius 3 is 1.83 bits per heavy atom. The molecule has 0 heterocycles. The second-order valence-electron chi connectivity index (χ2n) is 19.2. The fourth-order valence-corrected chi connectivity index (χ4v) is 13.1.